The summed E-state index contributed by atoms with van der Waals surface area (Å²) in [5, 5.41) is 24.8. The van der Waals surface area contributed by atoms with Gasteiger partial charge in [-0.15, -0.1) is 0 Å². The number of hydrogen-bond acceptors (Lipinski definition) is 5. The third-order valence-electron chi connectivity index (χ3n) is 3.24. The summed E-state index contributed by atoms with van der Waals surface area (Å²) in [6, 6.07) is 2.22. The van der Waals surface area contributed by atoms with E-state index in [1.165, 1.54) is 4.90 Å². The Hall–Kier alpha value is -1.93. The monoisotopic (exact) mass is 317 g/mol. The van der Waals surface area contributed by atoms with Crippen LogP contribution in [0.25, 0.3) is 0 Å². The SMILES string of the molecule is CC[NH+](CC)CCNc1c([N+](=O)[O-])cc(Cl)cc1[N+](=O)[O-]. The number of halogens is 1. The van der Waals surface area contributed by atoms with E-state index in [0.717, 1.165) is 25.2 Å². The Balaban J connectivity index is 3.03. The number of rotatable bonds is 8. The Labute approximate surface area is 127 Å². The summed E-state index contributed by atoms with van der Waals surface area (Å²) >= 11 is 5.70. The summed E-state index contributed by atoms with van der Waals surface area (Å²) < 4.78 is 0. The van der Waals surface area contributed by atoms with Crippen molar-refractivity contribution >= 4 is 28.7 Å². The second kappa shape index (κ2) is 7.75. The van der Waals surface area contributed by atoms with Crippen LogP contribution in [-0.4, -0.2) is 36.0 Å². The van der Waals surface area contributed by atoms with Crippen molar-refractivity contribution in [1.82, 2.24) is 0 Å². The van der Waals surface area contributed by atoms with Gasteiger partial charge in [0.05, 0.1) is 41.0 Å². The Morgan fingerprint density at radius 1 is 1.14 bits per heavy atom. The molecule has 0 aliphatic rings. The minimum atomic E-state index is -0.675. The molecule has 1 aromatic rings. The molecule has 9 heteroatoms. The van der Waals surface area contributed by atoms with E-state index in [0.29, 0.717) is 13.1 Å². The summed E-state index contributed by atoms with van der Waals surface area (Å²) in [6.45, 7) is 7.02. The lowest BCUT2D eigenvalue weighted by Gasteiger charge is -2.16. The number of nitrogens with one attached hydrogen (secondary N) is 2. The number of quaternary nitrogens is 1. The molecule has 0 saturated carbocycles. The normalized spacial score (nSPS) is 10.7. The van der Waals surface area contributed by atoms with Gasteiger partial charge in [0.15, 0.2) is 5.69 Å². The highest BCUT2D eigenvalue weighted by Gasteiger charge is 2.26. The van der Waals surface area contributed by atoms with Gasteiger partial charge in [-0.2, -0.15) is 0 Å². The van der Waals surface area contributed by atoms with E-state index in [9.17, 15) is 20.2 Å². The molecule has 1 rings (SSSR count). The van der Waals surface area contributed by atoms with Gasteiger partial charge in [-0.3, -0.25) is 20.2 Å². The van der Waals surface area contributed by atoms with Crippen LogP contribution in [-0.2, 0) is 0 Å². The summed E-state index contributed by atoms with van der Waals surface area (Å²) in [5.74, 6) is 0. The van der Waals surface area contributed by atoms with E-state index in [1.54, 1.807) is 0 Å². The first-order valence-corrected chi connectivity index (χ1v) is 6.98. The highest BCUT2D eigenvalue weighted by atomic mass is 35.5. The molecule has 21 heavy (non-hydrogen) atoms. The zero-order valence-corrected chi connectivity index (χ0v) is 12.6. The molecule has 0 fully saturated rings. The van der Waals surface area contributed by atoms with Gasteiger partial charge in [-0.25, -0.2) is 0 Å². The maximum absolute atomic E-state index is 11.0. The summed E-state index contributed by atoms with van der Waals surface area (Å²) in [4.78, 5) is 22.0. The van der Waals surface area contributed by atoms with Crippen molar-refractivity contribution in [2.24, 2.45) is 0 Å². The van der Waals surface area contributed by atoms with E-state index in [2.05, 4.69) is 5.32 Å². The van der Waals surface area contributed by atoms with Gasteiger partial charge in [0.1, 0.15) is 0 Å². The minimum Gasteiger partial charge on any atom is -0.368 e. The van der Waals surface area contributed by atoms with E-state index in [1.807, 2.05) is 13.8 Å². The molecule has 0 aliphatic carbocycles. The van der Waals surface area contributed by atoms with Crippen molar-refractivity contribution in [1.29, 1.82) is 0 Å². The molecule has 0 bridgehead atoms. The molecule has 8 nitrogen and oxygen atoms in total. The van der Waals surface area contributed by atoms with Gasteiger partial charge >= 0.3 is 11.4 Å². The van der Waals surface area contributed by atoms with Crippen molar-refractivity contribution in [2.45, 2.75) is 13.8 Å². The fourth-order valence-electron chi connectivity index (χ4n) is 2.02. The van der Waals surface area contributed by atoms with Crippen molar-refractivity contribution < 1.29 is 14.7 Å². The van der Waals surface area contributed by atoms with Gasteiger partial charge in [-0.05, 0) is 13.8 Å². The van der Waals surface area contributed by atoms with Crippen LogP contribution in [0, 0.1) is 20.2 Å². The van der Waals surface area contributed by atoms with Crippen LogP contribution >= 0.6 is 11.6 Å². The fourth-order valence-corrected chi connectivity index (χ4v) is 2.22. The lowest BCUT2D eigenvalue weighted by Crippen LogP contribution is -3.12. The molecule has 0 saturated heterocycles. The Bertz CT molecular complexity index is 499. The Morgan fingerprint density at radius 2 is 1.62 bits per heavy atom. The van der Waals surface area contributed by atoms with Crippen molar-refractivity contribution in [2.75, 3.05) is 31.5 Å². The molecule has 0 heterocycles. The number of hydrogen-bond donors (Lipinski definition) is 2. The van der Waals surface area contributed by atoms with Gasteiger partial charge in [0.2, 0.25) is 0 Å². The van der Waals surface area contributed by atoms with Crippen LogP contribution in [0.2, 0.25) is 5.02 Å². The van der Waals surface area contributed by atoms with Crippen LogP contribution in [0.4, 0.5) is 17.1 Å². The second-order valence-corrected chi connectivity index (χ2v) is 4.90. The maximum atomic E-state index is 11.0. The lowest BCUT2D eigenvalue weighted by atomic mass is 10.2. The van der Waals surface area contributed by atoms with E-state index >= 15 is 0 Å². The number of anilines is 1. The first-order chi connectivity index (χ1) is 9.90. The molecular weight excluding hydrogens is 300 g/mol. The first kappa shape index (κ1) is 17.1. The molecule has 2 N–H and O–H groups in total. The Morgan fingerprint density at radius 3 is 2.00 bits per heavy atom. The van der Waals surface area contributed by atoms with Crippen molar-refractivity contribution in [3.8, 4) is 0 Å². The zero-order chi connectivity index (χ0) is 16.0. The molecule has 0 atom stereocenters. The fraction of sp³-hybridized carbons (Fsp3) is 0.500. The molecule has 0 aliphatic heterocycles. The van der Waals surface area contributed by atoms with Gasteiger partial charge in [0.25, 0.3) is 0 Å². The summed E-state index contributed by atoms with van der Waals surface area (Å²) in [7, 11) is 0. The summed E-state index contributed by atoms with van der Waals surface area (Å²) in [5.41, 5.74) is -0.867. The number of nitro groups is 2. The molecule has 1 aromatic carbocycles. The van der Waals surface area contributed by atoms with E-state index < -0.39 is 9.85 Å². The van der Waals surface area contributed by atoms with E-state index in [-0.39, 0.29) is 22.1 Å². The summed E-state index contributed by atoms with van der Waals surface area (Å²) in [6.07, 6.45) is 0. The Kier molecular flexibility index (Phi) is 6.32. The predicted molar refractivity (Wildman–Crippen MR) is 80.2 cm³/mol. The second-order valence-electron chi connectivity index (χ2n) is 4.47. The minimum absolute atomic E-state index is 0.0340. The van der Waals surface area contributed by atoms with Crippen molar-refractivity contribution in [3.05, 3.63) is 37.4 Å². The third kappa shape index (κ3) is 4.54. The van der Waals surface area contributed by atoms with Crippen LogP contribution in [0.1, 0.15) is 13.8 Å². The average Bonchev–Trinajstić information content (AvgIpc) is 2.43. The standard InChI is InChI=1S/C12H17ClN4O4/c1-3-15(4-2)6-5-14-12-10(16(18)19)7-9(13)8-11(12)17(20)21/h7-8,14H,3-6H2,1-2H3/p+1. The van der Waals surface area contributed by atoms with Gasteiger partial charge < -0.3 is 10.2 Å². The molecular formula is C12H18ClN4O4+. The zero-order valence-electron chi connectivity index (χ0n) is 11.9. The largest absolute Gasteiger partial charge is 0.368 e. The smallest absolute Gasteiger partial charge is 0.300 e. The molecule has 0 radical (unpaired) electrons. The number of likely N-dealkylation sites (N-methyl/N-ethyl adjacent to an activating group) is 1. The number of nitro benzene ring substituents is 2. The van der Waals surface area contributed by atoms with Crippen LogP contribution in [0.3, 0.4) is 0 Å². The average molecular weight is 318 g/mol. The third-order valence-corrected chi connectivity index (χ3v) is 3.45. The highest BCUT2D eigenvalue weighted by Crippen LogP contribution is 2.37. The molecule has 0 aromatic heterocycles. The quantitative estimate of drug-likeness (QED) is 0.558. The lowest BCUT2D eigenvalue weighted by molar-refractivity contribution is -0.894. The van der Waals surface area contributed by atoms with Crippen LogP contribution in [0.15, 0.2) is 12.1 Å². The molecule has 0 amide bonds. The molecule has 116 valence electrons. The van der Waals surface area contributed by atoms with Crippen LogP contribution < -0.4 is 10.2 Å². The van der Waals surface area contributed by atoms with E-state index in [4.69, 9.17) is 11.6 Å². The topological polar surface area (TPSA) is 103 Å². The maximum Gasteiger partial charge on any atom is 0.300 e. The number of benzene rings is 1. The van der Waals surface area contributed by atoms with Gasteiger partial charge in [-0.1, -0.05) is 11.6 Å². The van der Waals surface area contributed by atoms with Crippen molar-refractivity contribution in [3.63, 3.8) is 0 Å². The van der Waals surface area contributed by atoms with Crippen LogP contribution in [0.5, 0.6) is 0 Å². The molecule has 0 unspecified atom stereocenters. The first-order valence-electron chi connectivity index (χ1n) is 6.60. The number of nitrogens with zero attached hydrogens (tertiary/aromatic N) is 2. The van der Waals surface area contributed by atoms with Gasteiger partial charge in [0, 0.05) is 12.1 Å². The highest BCUT2D eigenvalue weighted by molar-refractivity contribution is 6.31. The molecule has 0 spiro atoms. The predicted octanol–water partition coefficient (Wildman–Crippen LogP) is 1.49.